The van der Waals surface area contributed by atoms with Gasteiger partial charge in [-0.2, -0.15) is 20.7 Å². The maximum absolute atomic E-state index is 8.80. The highest BCUT2D eigenvalue weighted by Gasteiger charge is 2.00. The molecule has 0 spiro atoms. The molecule has 3 N–H and O–H groups in total. The van der Waals surface area contributed by atoms with Crippen LogP contribution in [0.5, 0.6) is 0 Å². The number of hydrogen-bond acceptors (Lipinski definition) is 5. The largest absolute Gasteiger partial charge is 0.367 e. The summed E-state index contributed by atoms with van der Waals surface area (Å²) < 4.78 is 0. The molecule has 136 valence electrons. The highest BCUT2D eigenvalue weighted by Crippen LogP contribution is 2.06. The van der Waals surface area contributed by atoms with Crippen molar-refractivity contribution in [3.05, 3.63) is 70.8 Å². The van der Waals surface area contributed by atoms with E-state index in [9.17, 15) is 0 Å². The van der Waals surface area contributed by atoms with Gasteiger partial charge in [0.05, 0.1) is 34.7 Å². The zero-order chi connectivity index (χ0) is 18.9. The lowest BCUT2D eigenvalue weighted by atomic mass is 10.1. The van der Waals surface area contributed by atoms with Crippen LogP contribution >= 0.6 is 12.4 Å². The van der Waals surface area contributed by atoms with E-state index in [1.54, 1.807) is 55.5 Å². The second-order valence-electron chi connectivity index (χ2n) is 5.36. The summed E-state index contributed by atoms with van der Waals surface area (Å²) in [5.74, 6) is 0.0472. The minimum Gasteiger partial charge on any atom is -0.367 e. The van der Waals surface area contributed by atoms with Gasteiger partial charge < -0.3 is 5.73 Å². The maximum atomic E-state index is 8.80. The summed E-state index contributed by atoms with van der Waals surface area (Å²) in [4.78, 5) is 0. The molecule has 0 saturated heterocycles. The first-order chi connectivity index (χ1) is 12.5. The van der Waals surface area contributed by atoms with E-state index in [-0.39, 0.29) is 18.4 Å². The van der Waals surface area contributed by atoms with Crippen LogP contribution in [0.4, 0.5) is 0 Å². The molecule has 0 aliphatic rings. The molecule has 0 radical (unpaired) electrons. The van der Waals surface area contributed by atoms with Gasteiger partial charge >= 0.3 is 0 Å². The first kappa shape index (κ1) is 21.4. The Bertz CT molecular complexity index is 944. The van der Waals surface area contributed by atoms with Crippen molar-refractivity contribution < 1.29 is 0 Å². The smallest absolute Gasteiger partial charge is 0.234 e. The fourth-order valence-electron chi connectivity index (χ4n) is 1.99. The molecule has 0 amide bonds. The number of guanidine groups is 1. The van der Waals surface area contributed by atoms with Crippen LogP contribution in [0.15, 0.2) is 63.8 Å². The molecule has 0 aliphatic heterocycles. The lowest BCUT2D eigenvalue weighted by Gasteiger charge is -2.03. The molecule has 0 aromatic heterocycles. The molecule has 8 heteroatoms. The Hall–Kier alpha value is -3.68. The zero-order valence-corrected chi connectivity index (χ0v) is 15.7. The molecule has 0 saturated carbocycles. The summed E-state index contributed by atoms with van der Waals surface area (Å²) in [6.45, 7) is 3.61. The molecule has 0 fully saturated rings. The number of benzene rings is 2. The summed E-state index contributed by atoms with van der Waals surface area (Å²) >= 11 is 0. The van der Waals surface area contributed by atoms with Crippen molar-refractivity contribution in [1.82, 2.24) is 5.43 Å². The fraction of sp³-hybridized carbons (Fsp3) is 0.105. The summed E-state index contributed by atoms with van der Waals surface area (Å²) in [7, 11) is 0. The molecule has 0 aliphatic carbocycles. The molecule has 2 aromatic carbocycles. The fourth-order valence-corrected chi connectivity index (χ4v) is 1.99. The van der Waals surface area contributed by atoms with Gasteiger partial charge in [-0.15, -0.1) is 17.5 Å². The molecular weight excluding hydrogens is 362 g/mol. The van der Waals surface area contributed by atoms with E-state index in [0.29, 0.717) is 22.6 Å². The number of nitrogens with two attached hydrogens (primary N) is 1. The van der Waals surface area contributed by atoms with Crippen molar-refractivity contribution in [2.45, 2.75) is 13.8 Å². The van der Waals surface area contributed by atoms with Gasteiger partial charge in [0.2, 0.25) is 5.96 Å². The summed E-state index contributed by atoms with van der Waals surface area (Å²) in [6, 6.07) is 18.2. The summed E-state index contributed by atoms with van der Waals surface area (Å²) in [5.41, 5.74) is 12.6. The Balaban J connectivity index is 0.00000364. The first-order valence-corrected chi connectivity index (χ1v) is 7.72. The van der Waals surface area contributed by atoms with Crippen LogP contribution in [0.1, 0.15) is 36.1 Å². The third-order valence-corrected chi connectivity index (χ3v) is 3.51. The van der Waals surface area contributed by atoms with Gasteiger partial charge in [0, 0.05) is 0 Å². The number of hydrogen-bond donors (Lipinski definition) is 2. The van der Waals surface area contributed by atoms with E-state index in [2.05, 4.69) is 32.9 Å². The number of nitrogens with one attached hydrogen (secondary N) is 1. The van der Waals surface area contributed by atoms with Crippen LogP contribution in [0.25, 0.3) is 0 Å². The van der Waals surface area contributed by atoms with E-state index >= 15 is 0 Å². The molecule has 2 aromatic rings. The van der Waals surface area contributed by atoms with Crippen LogP contribution in [-0.4, -0.2) is 17.4 Å². The topological polar surface area (TPSA) is 123 Å². The number of halogens is 1. The van der Waals surface area contributed by atoms with E-state index in [4.69, 9.17) is 16.3 Å². The number of nitrogens with zero attached hydrogens (tertiary/aromatic N) is 5. The maximum Gasteiger partial charge on any atom is 0.234 e. The highest BCUT2D eigenvalue weighted by atomic mass is 35.5. The quantitative estimate of drug-likeness (QED) is 0.481. The van der Waals surface area contributed by atoms with Crippen LogP contribution < -0.4 is 11.2 Å². The number of hydrazone groups is 1. The predicted molar refractivity (Wildman–Crippen MR) is 109 cm³/mol. The Morgan fingerprint density at radius 2 is 1.26 bits per heavy atom. The molecule has 7 nitrogen and oxygen atoms in total. The third-order valence-electron chi connectivity index (χ3n) is 3.51. The van der Waals surface area contributed by atoms with Crippen molar-refractivity contribution in [3.63, 3.8) is 0 Å². The van der Waals surface area contributed by atoms with E-state index in [1.165, 1.54) is 0 Å². The second-order valence-corrected chi connectivity index (χ2v) is 5.36. The Kier molecular flexibility index (Phi) is 8.18. The van der Waals surface area contributed by atoms with Crippen molar-refractivity contribution in [3.8, 4) is 12.1 Å². The lowest BCUT2D eigenvalue weighted by molar-refractivity contribution is 0.983. The summed E-state index contributed by atoms with van der Waals surface area (Å²) in [5, 5.41) is 29.7. The molecule has 0 heterocycles. The minimum absolute atomic E-state index is 0. The minimum atomic E-state index is 0. The molecule has 0 unspecified atom stereocenters. The van der Waals surface area contributed by atoms with Crippen molar-refractivity contribution >= 4 is 29.8 Å². The van der Waals surface area contributed by atoms with Crippen molar-refractivity contribution in [1.29, 1.82) is 10.5 Å². The summed E-state index contributed by atoms with van der Waals surface area (Å²) in [6.07, 6.45) is 0. The van der Waals surface area contributed by atoms with Gasteiger partial charge in [-0.1, -0.05) is 24.3 Å². The van der Waals surface area contributed by atoms with Gasteiger partial charge in [0.15, 0.2) is 0 Å². The van der Waals surface area contributed by atoms with Gasteiger partial charge in [-0.05, 0) is 49.2 Å². The second kappa shape index (κ2) is 10.3. The third kappa shape index (κ3) is 6.28. The van der Waals surface area contributed by atoms with Crippen LogP contribution in [0.3, 0.4) is 0 Å². The Labute approximate surface area is 163 Å². The zero-order valence-electron chi connectivity index (χ0n) is 14.8. The molecule has 2 rings (SSSR count). The van der Waals surface area contributed by atoms with E-state index in [0.717, 1.165) is 11.1 Å². The molecular formula is C19H18ClN7. The van der Waals surface area contributed by atoms with Gasteiger partial charge in [-0.25, -0.2) is 5.43 Å². The van der Waals surface area contributed by atoms with Crippen LogP contribution in [0, 0.1) is 22.7 Å². The van der Waals surface area contributed by atoms with Crippen LogP contribution in [-0.2, 0) is 0 Å². The lowest BCUT2D eigenvalue weighted by Crippen LogP contribution is -2.27. The molecule has 27 heavy (non-hydrogen) atoms. The Morgan fingerprint density at radius 1 is 0.815 bits per heavy atom. The average molecular weight is 380 g/mol. The van der Waals surface area contributed by atoms with Crippen LogP contribution in [0.2, 0.25) is 0 Å². The SMILES string of the molecule is C/C(=N/N=C(/N)N/N=C(/C)c1ccc(C#N)cc1)c1ccc(C#N)cc1.Cl. The van der Waals surface area contributed by atoms with Crippen molar-refractivity contribution in [2.75, 3.05) is 0 Å². The van der Waals surface area contributed by atoms with Gasteiger partial charge in [-0.3, -0.25) is 0 Å². The van der Waals surface area contributed by atoms with Gasteiger partial charge in [0.25, 0.3) is 0 Å². The van der Waals surface area contributed by atoms with Gasteiger partial charge in [0.1, 0.15) is 0 Å². The monoisotopic (exact) mass is 379 g/mol. The first-order valence-electron chi connectivity index (χ1n) is 7.72. The predicted octanol–water partition coefficient (Wildman–Crippen LogP) is 2.90. The van der Waals surface area contributed by atoms with E-state index in [1.807, 2.05) is 6.92 Å². The average Bonchev–Trinajstić information content (AvgIpc) is 2.70. The molecule has 0 atom stereocenters. The van der Waals surface area contributed by atoms with Crippen molar-refractivity contribution in [2.24, 2.45) is 21.0 Å². The standard InChI is InChI=1S/C19H17N7.ClH/c1-13(17-7-3-15(11-20)4-8-17)23-25-19(22)26-24-14(2)18-9-5-16(12-21)6-10-18;/h3-10H,1-2H3,(H3,22,25,26);1H/b23-13-,24-14-;. The molecule has 0 bridgehead atoms. The highest BCUT2D eigenvalue weighted by molar-refractivity contribution is 6.00. The number of nitriles is 2. The number of rotatable bonds is 4. The van der Waals surface area contributed by atoms with E-state index < -0.39 is 0 Å². The normalized spacial score (nSPS) is 11.8. The Morgan fingerprint density at radius 3 is 1.70 bits per heavy atom.